The third kappa shape index (κ3) is 3.67. The Labute approximate surface area is 90.0 Å². The average Bonchev–Trinajstić information content (AvgIpc) is 2.11. The van der Waals surface area contributed by atoms with Gasteiger partial charge in [-0.15, -0.1) is 0 Å². The van der Waals surface area contributed by atoms with Crippen LogP contribution in [0.15, 0.2) is 22.7 Å². The molecule has 0 aliphatic carbocycles. The maximum absolute atomic E-state index is 13.1. The van der Waals surface area contributed by atoms with Crippen molar-refractivity contribution in [2.45, 2.75) is 5.75 Å². The first-order valence-electron chi connectivity index (χ1n) is 3.96. The zero-order valence-corrected chi connectivity index (χ0v) is 9.50. The molecule has 0 spiro atoms. The molecule has 0 bridgehead atoms. The molecule has 2 N–H and O–H groups in total. The van der Waals surface area contributed by atoms with Gasteiger partial charge in [-0.05, 0) is 23.8 Å². The van der Waals surface area contributed by atoms with Crippen molar-refractivity contribution in [3.8, 4) is 0 Å². The van der Waals surface area contributed by atoms with Gasteiger partial charge in [-0.25, -0.2) is 4.39 Å². The largest absolute Gasteiger partial charge is 0.330 e. The van der Waals surface area contributed by atoms with E-state index in [0.29, 0.717) is 12.3 Å². The molecule has 13 heavy (non-hydrogen) atoms. The Morgan fingerprint density at radius 3 is 2.92 bits per heavy atom. The fourth-order valence-corrected chi connectivity index (χ4v) is 2.08. The maximum Gasteiger partial charge on any atom is 0.127 e. The van der Waals surface area contributed by atoms with Gasteiger partial charge in [0, 0.05) is 22.5 Å². The van der Waals surface area contributed by atoms with Crippen molar-refractivity contribution in [1.29, 1.82) is 0 Å². The van der Waals surface area contributed by atoms with E-state index < -0.39 is 0 Å². The molecular formula is C9H11BrFNS. The SMILES string of the molecule is NCCSCc1cc(Br)ccc1F. The number of rotatable bonds is 4. The van der Waals surface area contributed by atoms with Crippen molar-refractivity contribution in [2.24, 2.45) is 5.73 Å². The van der Waals surface area contributed by atoms with Crippen LogP contribution < -0.4 is 5.73 Å². The van der Waals surface area contributed by atoms with Crippen molar-refractivity contribution < 1.29 is 4.39 Å². The normalized spacial score (nSPS) is 10.4. The molecule has 1 rings (SSSR count). The van der Waals surface area contributed by atoms with E-state index in [-0.39, 0.29) is 5.82 Å². The molecule has 0 saturated heterocycles. The lowest BCUT2D eigenvalue weighted by Gasteiger charge is -2.02. The molecule has 0 fully saturated rings. The predicted molar refractivity (Wildman–Crippen MR) is 59.3 cm³/mol. The number of halogens is 2. The van der Waals surface area contributed by atoms with E-state index in [0.717, 1.165) is 15.8 Å². The molecule has 0 aliphatic rings. The Balaban J connectivity index is 2.59. The smallest absolute Gasteiger partial charge is 0.127 e. The van der Waals surface area contributed by atoms with E-state index in [2.05, 4.69) is 15.9 Å². The predicted octanol–water partition coefficient (Wildman–Crippen LogP) is 2.78. The Morgan fingerprint density at radius 1 is 1.46 bits per heavy atom. The van der Waals surface area contributed by atoms with Crippen molar-refractivity contribution in [3.05, 3.63) is 34.1 Å². The van der Waals surface area contributed by atoms with E-state index in [4.69, 9.17) is 5.73 Å². The summed E-state index contributed by atoms with van der Waals surface area (Å²) in [5.41, 5.74) is 6.07. The topological polar surface area (TPSA) is 26.0 Å². The van der Waals surface area contributed by atoms with Crippen LogP contribution in [0.1, 0.15) is 5.56 Å². The quantitative estimate of drug-likeness (QED) is 0.846. The van der Waals surface area contributed by atoms with Crippen LogP contribution in [0.4, 0.5) is 4.39 Å². The molecule has 0 atom stereocenters. The summed E-state index contributed by atoms with van der Waals surface area (Å²) in [4.78, 5) is 0. The Morgan fingerprint density at radius 2 is 2.23 bits per heavy atom. The van der Waals surface area contributed by atoms with Gasteiger partial charge < -0.3 is 5.73 Å². The van der Waals surface area contributed by atoms with Crippen LogP contribution >= 0.6 is 27.7 Å². The van der Waals surface area contributed by atoms with Crippen LogP contribution in [-0.2, 0) is 5.75 Å². The molecule has 0 radical (unpaired) electrons. The van der Waals surface area contributed by atoms with Gasteiger partial charge in [0.2, 0.25) is 0 Å². The van der Waals surface area contributed by atoms with Gasteiger partial charge in [-0.2, -0.15) is 11.8 Å². The summed E-state index contributed by atoms with van der Waals surface area (Å²) in [5, 5.41) is 0. The highest BCUT2D eigenvalue weighted by atomic mass is 79.9. The zero-order valence-electron chi connectivity index (χ0n) is 7.09. The molecule has 0 unspecified atom stereocenters. The summed E-state index contributed by atoms with van der Waals surface area (Å²) >= 11 is 4.95. The third-order valence-electron chi connectivity index (χ3n) is 1.53. The summed E-state index contributed by atoms with van der Waals surface area (Å²) in [6, 6.07) is 4.98. The zero-order chi connectivity index (χ0) is 9.68. The number of hydrogen-bond donors (Lipinski definition) is 1. The van der Waals surface area contributed by atoms with E-state index in [1.807, 2.05) is 0 Å². The monoisotopic (exact) mass is 263 g/mol. The lowest BCUT2D eigenvalue weighted by Crippen LogP contribution is -2.01. The van der Waals surface area contributed by atoms with Gasteiger partial charge in [-0.1, -0.05) is 15.9 Å². The molecule has 0 heterocycles. The Hall–Kier alpha value is -0.0600. The van der Waals surface area contributed by atoms with Crippen LogP contribution in [-0.4, -0.2) is 12.3 Å². The fraction of sp³-hybridized carbons (Fsp3) is 0.333. The van der Waals surface area contributed by atoms with E-state index in [1.54, 1.807) is 23.9 Å². The van der Waals surface area contributed by atoms with Crippen LogP contribution in [0.25, 0.3) is 0 Å². The van der Waals surface area contributed by atoms with Crippen LogP contribution in [0.3, 0.4) is 0 Å². The number of hydrogen-bond acceptors (Lipinski definition) is 2. The summed E-state index contributed by atoms with van der Waals surface area (Å²) < 4.78 is 14.0. The van der Waals surface area contributed by atoms with Gasteiger partial charge >= 0.3 is 0 Å². The minimum atomic E-state index is -0.146. The summed E-state index contributed by atoms with van der Waals surface area (Å²) in [5.74, 6) is 1.40. The minimum Gasteiger partial charge on any atom is -0.330 e. The van der Waals surface area contributed by atoms with Crippen molar-refractivity contribution in [2.75, 3.05) is 12.3 Å². The average molecular weight is 264 g/mol. The van der Waals surface area contributed by atoms with Crippen LogP contribution in [0.5, 0.6) is 0 Å². The van der Waals surface area contributed by atoms with Crippen molar-refractivity contribution >= 4 is 27.7 Å². The van der Waals surface area contributed by atoms with Crippen LogP contribution in [0, 0.1) is 5.82 Å². The first kappa shape index (κ1) is 11.0. The molecule has 1 nitrogen and oxygen atoms in total. The lowest BCUT2D eigenvalue weighted by atomic mass is 10.2. The third-order valence-corrected chi connectivity index (χ3v) is 3.06. The highest BCUT2D eigenvalue weighted by Crippen LogP contribution is 2.19. The van der Waals surface area contributed by atoms with Crippen molar-refractivity contribution in [1.82, 2.24) is 0 Å². The van der Waals surface area contributed by atoms with Crippen LogP contribution in [0.2, 0.25) is 0 Å². The van der Waals surface area contributed by atoms with Gasteiger partial charge in [0.1, 0.15) is 5.82 Å². The first-order chi connectivity index (χ1) is 6.24. The van der Waals surface area contributed by atoms with Gasteiger partial charge in [0.15, 0.2) is 0 Å². The summed E-state index contributed by atoms with van der Waals surface area (Å²) in [6.45, 7) is 0.639. The first-order valence-corrected chi connectivity index (χ1v) is 5.90. The lowest BCUT2D eigenvalue weighted by molar-refractivity contribution is 0.617. The van der Waals surface area contributed by atoms with Gasteiger partial charge in [0.25, 0.3) is 0 Å². The molecular weight excluding hydrogens is 253 g/mol. The summed E-state index contributed by atoms with van der Waals surface area (Å²) in [7, 11) is 0. The highest BCUT2D eigenvalue weighted by Gasteiger charge is 2.01. The number of benzene rings is 1. The standard InChI is InChI=1S/C9H11BrFNS/c10-8-1-2-9(11)7(5-8)6-13-4-3-12/h1-2,5H,3-4,6,12H2. The molecule has 0 amide bonds. The second-order valence-electron chi connectivity index (χ2n) is 2.58. The molecule has 0 aliphatic heterocycles. The van der Waals surface area contributed by atoms with Crippen molar-refractivity contribution in [3.63, 3.8) is 0 Å². The number of thioether (sulfide) groups is 1. The summed E-state index contributed by atoms with van der Waals surface area (Å²) in [6.07, 6.45) is 0. The molecule has 4 heteroatoms. The second-order valence-corrected chi connectivity index (χ2v) is 4.60. The molecule has 1 aromatic rings. The van der Waals surface area contributed by atoms with E-state index >= 15 is 0 Å². The molecule has 0 saturated carbocycles. The Kier molecular flexibility index (Phi) is 4.77. The maximum atomic E-state index is 13.1. The highest BCUT2D eigenvalue weighted by molar-refractivity contribution is 9.10. The van der Waals surface area contributed by atoms with Gasteiger partial charge in [0.05, 0.1) is 0 Å². The molecule has 0 aromatic heterocycles. The number of nitrogens with two attached hydrogens (primary N) is 1. The second kappa shape index (κ2) is 5.62. The molecule has 72 valence electrons. The fourth-order valence-electron chi connectivity index (χ4n) is 0.919. The molecule has 1 aromatic carbocycles. The van der Waals surface area contributed by atoms with E-state index in [9.17, 15) is 4.39 Å². The van der Waals surface area contributed by atoms with E-state index in [1.165, 1.54) is 6.07 Å². The minimum absolute atomic E-state index is 0.146. The Bertz CT molecular complexity index is 280. The van der Waals surface area contributed by atoms with Gasteiger partial charge in [-0.3, -0.25) is 0 Å².